The number of hydrogen-bond donors (Lipinski definition) is 3. The molecule has 226 valence electrons. The monoisotopic (exact) mass is 586 g/mol. The van der Waals surface area contributed by atoms with Crippen LogP contribution < -0.4 is 20.1 Å². The van der Waals surface area contributed by atoms with Crippen LogP contribution in [0.1, 0.15) is 82.5 Å². The van der Waals surface area contributed by atoms with Crippen LogP contribution in [0.5, 0.6) is 11.5 Å². The van der Waals surface area contributed by atoms with Gasteiger partial charge in [-0.25, -0.2) is 8.42 Å². The summed E-state index contributed by atoms with van der Waals surface area (Å²) in [6.45, 7) is 10.7. The number of rotatable bonds is 5. The molecule has 9 heteroatoms. The third-order valence-electron chi connectivity index (χ3n) is 7.95. The topological polar surface area (TPSA) is 114 Å². The standard InChI is InChI=1S/C32H46N2O6S/c1-21(2)24-11-12-30-26(17-24)28(18-32(4,5)40-30)33-19-29(35)27-16-23-9-8-10-25(15-23)39-13-6-7-14-41(37,38)20-22(3)31(36)34-27/h8-12,15,17,21-22,27-29,33,35H,6-7,13-14,16,18-20H2,1-5H3,(H,34,36)/t22-,27+,28-,29-/m1/s1. The minimum absolute atomic E-state index is 0.0193. The number of hydrogen-bond acceptors (Lipinski definition) is 7. The maximum Gasteiger partial charge on any atom is 0.224 e. The number of aliphatic hydroxyl groups is 1. The van der Waals surface area contributed by atoms with E-state index in [-0.39, 0.29) is 35.6 Å². The number of amides is 1. The number of carbonyl (C=O) groups excluding carboxylic acids is 1. The molecule has 0 aliphatic carbocycles. The lowest BCUT2D eigenvalue weighted by Crippen LogP contribution is -2.51. The molecule has 4 atom stereocenters. The van der Waals surface area contributed by atoms with Crippen molar-refractivity contribution in [3.63, 3.8) is 0 Å². The van der Waals surface area contributed by atoms with Gasteiger partial charge in [0.15, 0.2) is 9.84 Å². The van der Waals surface area contributed by atoms with Gasteiger partial charge < -0.3 is 25.2 Å². The smallest absolute Gasteiger partial charge is 0.224 e. The fourth-order valence-corrected chi connectivity index (χ4v) is 7.32. The third kappa shape index (κ3) is 8.69. The lowest BCUT2D eigenvalue weighted by molar-refractivity contribution is -0.125. The molecule has 0 saturated heterocycles. The highest BCUT2D eigenvalue weighted by molar-refractivity contribution is 7.91. The average Bonchev–Trinajstić information content (AvgIpc) is 2.89. The number of ether oxygens (including phenoxy) is 2. The molecule has 1 amide bonds. The Morgan fingerprint density at radius 1 is 1.15 bits per heavy atom. The van der Waals surface area contributed by atoms with E-state index in [0.29, 0.717) is 37.5 Å². The van der Waals surface area contributed by atoms with E-state index in [1.165, 1.54) is 5.56 Å². The summed E-state index contributed by atoms with van der Waals surface area (Å²) in [5, 5.41) is 18.0. The quantitative estimate of drug-likeness (QED) is 0.478. The molecule has 2 aromatic rings. The molecule has 3 N–H and O–H groups in total. The van der Waals surface area contributed by atoms with Gasteiger partial charge in [0.1, 0.15) is 17.1 Å². The maximum absolute atomic E-state index is 13.2. The maximum atomic E-state index is 13.2. The Morgan fingerprint density at radius 3 is 2.68 bits per heavy atom. The molecule has 2 aromatic carbocycles. The normalized spacial score (nSPS) is 25.4. The Morgan fingerprint density at radius 2 is 1.93 bits per heavy atom. The van der Waals surface area contributed by atoms with Gasteiger partial charge >= 0.3 is 0 Å². The van der Waals surface area contributed by atoms with E-state index in [1.807, 2.05) is 30.3 Å². The lowest BCUT2D eigenvalue weighted by Gasteiger charge is -2.39. The largest absolute Gasteiger partial charge is 0.494 e. The zero-order chi connectivity index (χ0) is 29.8. The Labute approximate surface area is 245 Å². The van der Waals surface area contributed by atoms with Crippen molar-refractivity contribution in [2.45, 2.75) is 90.0 Å². The molecule has 41 heavy (non-hydrogen) atoms. The van der Waals surface area contributed by atoms with Gasteiger partial charge in [0.25, 0.3) is 0 Å². The van der Waals surface area contributed by atoms with E-state index in [1.54, 1.807) is 6.92 Å². The first-order valence-electron chi connectivity index (χ1n) is 14.8. The van der Waals surface area contributed by atoms with E-state index in [4.69, 9.17) is 9.47 Å². The van der Waals surface area contributed by atoms with Crippen molar-refractivity contribution < 1.29 is 27.8 Å². The Kier molecular flexibility index (Phi) is 10.0. The van der Waals surface area contributed by atoms with Crippen LogP contribution in [0, 0.1) is 5.92 Å². The summed E-state index contributed by atoms with van der Waals surface area (Å²) < 4.78 is 37.4. The summed E-state index contributed by atoms with van der Waals surface area (Å²) in [5.74, 6) is 0.592. The number of sulfone groups is 1. The van der Waals surface area contributed by atoms with Crippen LogP contribution in [0.3, 0.4) is 0 Å². The fraction of sp³-hybridized carbons (Fsp3) is 0.594. The predicted octanol–water partition coefficient (Wildman–Crippen LogP) is 4.31. The first kappa shape index (κ1) is 31.3. The summed E-state index contributed by atoms with van der Waals surface area (Å²) in [6, 6.07) is 13.3. The van der Waals surface area contributed by atoms with Crippen molar-refractivity contribution in [1.82, 2.24) is 10.6 Å². The second-order valence-corrected chi connectivity index (χ2v) is 14.8. The number of benzene rings is 2. The molecule has 0 spiro atoms. The Bertz CT molecular complexity index is 1310. The van der Waals surface area contributed by atoms with Gasteiger partial charge in [0.05, 0.1) is 30.3 Å². The molecular formula is C32H46N2O6S. The zero-order valence-electron chi connectivity index (χ0n) is 25.0. The van der Waals surface area contributed by atoms with Crippen LogP contribution in [0.15, 0.2) is 42.5 Å². The Hall–Kier alpha value is -2.62. The lowest BCUT2D eigenvalue weighted by atomic mass is 9.87. The number of aliphatic hydroxyl groups excluding tert-OH is 1. The summed E-state index contributed by atoms with van der Waals surface area (Å²) in [4.78, 5) is 13.2. The van der Waals surface area contributed by atoms with Gasteiger partial charge in [-0.1, -0.05) is 45.0 Å². The fourth-order valence-electron chi connectivity index (χ4n) is 5.60. The minimum atomic E-state index is -3.39. The van der Waals surface area contributed by atoms with Gasteiger partial charge in [-0.05, 0) is 68.4 Å². The van der Waals surface area contributed by atoms with E-state index in [2.05, 4.69) is 50.5 Å². The van der Waals surface area contributed by atoms with Crippen LogP contribution in [0.2, 0.25) is 0 Å². The van der Waals surface area contributed by atoms with Crippen molar-refractivity contribution in [3.8, 4) is 11.5 Å². The van der Waals surface area contributed by atoms with Gasteiger partial charge in [-0.2, -0.15) is 0 Å². The van der Waals surface area contributed by atoms with Gasteiger partial charge in [0, 0.05) is 30.5 Å². The molecular weight excluding hydrogens is 540 g/mol. The highest BCUT2D eigenvalue weighted by Crippen LogP contribution is 2.40. The summed E-state index contributed by atoms with van der Waals surface area (Å²) in [5.41, 5.74) is 2.83. The molecule has 0 aromatic heterocycles. The van der Waals surface area contributed by atoms with Crippen molar-refractivity contribution in [1.29, 1.82) is 0 Å². The highest BCUT2D eigenvalue weighted by atomic mass is 32.2. The molecule has 8 nitrogen and oxygen atoms in total. The van der Waals surface area contributed by atoms with Gasteiger partial charge in [0.2, 0.25) is 5.91 Å². The second kappa shape index (κ2) is 13.1. The van der Waals surface area contributed by atoms with E-state index in [9.17, 15) is 18.3 Å². The molecule has 0 radical (unpaired) electrons. The van der Waals surface area contributed by atoms with Gasteiger partial charge in [-0.15, -0.1) is 0 Å². The van der Waals surface area contributed by atoms with E-state index >= 15 is 0 Å². The molecule has 2 aliphatic rings. The van der Waals surface area contributed by atoms with Crippen molar-refractivity contribution >= 4 is 15.7 Å². The van der Waals surface area contributed by atoms with Crippen molar-refractivity contribution in [2.75, 3.05) is 24.7 Å². The first-order valence-corrected chi connectivity index (χ1v) is 16.6. The SMILES string of the molecule is CC(C)c1ccc2c(c1)[C@H](NC[C@@H](O)[C@@H]1Cc3cccc(c3)OCCCCS(=O)(=O)C[C@@H](C)C(=O)N1)CC(C)(C)O2. The average molecular weight is 587 g/mol. The highest BCUT2D eigenvalue weighted by Gasteiger charge is 2.35. The van der Waals surface area contributed by atoms with Crippen molar-refractivity contribution in [2.24, 2.45) is 5.92 Å². The van der Waals surface area contributed by atoms with Crippen LogP contribution in [0.4, 0.5) is 0 Å². The Balaban J connectivity index is 1.55. The number of carbonyl (C=O) groups is 1. The molecule has 0 fully saturated rings. The molecule has 0 unspecified atom stereocenters. The minimum Gasteiger partial charge on any atom is -0.494 e. The number of nitrogens with one attached hydrogen (secondary N) is 2. The molecule has 2 aliphatic heterocycles. The molecule has 2 heterocycles. The van der Waals surface area contributed by atoms with Crippen LogP contribution in [-0.2, 0) is 21.1 Å². The molecule has 0 saturated carbocycles. The summed E-state index contributed by atoms with van der Waals surface area (Å²) in [7, 11) is -3.39. The predicted molar refractivity (Wildman–Crippen MR) is 161 cm³/mol. The van der Waals surface area contributed by atoms with E-state index < -0.39 is 27.9 Å². The second-order valence-electron chi connectivity index (χ2n) is 12.6. The first-order chi connectivity index (χ1) is 19.3. The molecule has 4 rings (SSSR count). The van der Waals surface area contributed by atoms with Crippen molar-refractivity contribution in [3.05, 3.63) is 59.2 Å². The summed E-state index contributed by atoms with van der Waals surface area (Å²) >= 11 is 0. The van der Waals surface area contributed by atoms with E-state index in [0.717, 1.165) is 23.3 Å². The summed E-state index contributed by atoms with van der Waals surface area (Å²) in [6.07, 6.45) is 1.26. The zero-order valence-corrected chi connectivity index (χ0v) is 25.8. The van der Waals surface area contributed by atoms with Crippen LogP contribution in [-0.4, -0.2) is 61.8 Å². The molecule has 2 bridgehead atoms. The van der Waals surface area contributed by atoms with Crippen LogP contribution in [0.25, 0.3) is 0 Å². The third-order valence-corrected chi connectivity index (χ3v) is 9.87. The number of fused-ring (bicyclic) bond motifs is 3. The van der Waals surface area contributed by atoms with Gasteiger partial charge in [-0.3, -0.25) is 4.79 Å². The van der Waals surface area contributed by atoms with Crippen LogP contribution >= 0.6 is 0 Å².